The zero-order chi connectivity index (χ0) is 17.4. The van der Waals surface area contributed by atoms with Crippen LogP contribution in [0.3, 0.4) is 0 Å². The van der Waals surface area contributed by atoms with Gasteiger partial charge in [-0.15, -0.1) is 0 Å². The van der Waals surface area contributed by atoms with Gasteiger partial charge in [0.15, 0.2) is 6.19 Å². The van der Waals surface area contributed by atoms with E-state index in [1.807, 2.05) is 6.19 Å². The zero-order valence-corrected chi connectivity index (χ0v) is 15.6. The fourth-order valence-electron chi connectivity index (χ4n) is 3.61. The third-order valence-corrected chi connectivity index (χ3v) is 4.76. The number of ether oxygens (including phenoxy) is 1. The van der Waals surface area contributed by atoms with E-state index in [0.29, 0.717) is 5.41 Å². The molecule has 0 radical (unpaired) electrons. The average Bonchev–Trinajstić information content (AvgIpc) is 2.54. The largest absolute Gasteiger partial charge is 0.379 e. The molecule has 2 fully saturated rings. The first kappa shape index (κ1) is 19.0. The van der Waals surface area contributed by atoms with Crippen molar-refractivity contribution < 1.29 is 4.74 Å². The second kappa shape index (κ2) is 9.24. The summed E-state index contributed by atoms with van der Waals surface area (Å²) in [6.45, 7) is 14.2. The minimum Gasteiger partial charge on any atom is -0.379 e. The number of hydrogen-bond donors (Lipinski definition) is 1. The Labute approximate surface area is 146 Å². The van der Waals surface area contributed by atoms with Crippen molar-refractivity contribution in [3.05, 3.63) is 0 Å². The van der Waals surface area contributed by atoms with Crippen LogP contribution in [0.2, 0.25) is 0 Å². The molecule has 6 heteroatoms. The Bertz CT molecular complexity index is 437. The fraction of sp³-hybridized carbons (Fsp3) is 0.889. The van der Waals surface area contributed by atoms with Gasteiger partial charge in [-0.1, -0.05) is 20.8 Å². The topological polar surface area (TPSA) is 63.9 Å². The number of nitrogens with zero attached hydrogens (tertiary/aromatic N) is 4. The first-order valence-electron chi connectivity index (χ1n) is 9.22. The molecule has 0 saturated carbocycles. The third kappa shape index (κ3) is 6.66. The summed E-state index contributed by atoms with van der Waals surface area (Å²) in [6, 6.07) is 0. The monoisotopic (exact) mass is 335 g/mol. The van der Waals surface area contributed by atoms with Gasteiger partial charge in [0, 0.05) is 32.7 Å². The van der Waals surface area contributed by atoms with Crippen molar-refractivity contribution in [3.8, 4) is 6.19 Å². The number of morpholine rings is 1. The van der Waals surface area contributed by atoms with Gasteiger partial charge in [-0.05, 0) is 30.6 Å². The highest BCUT2D eigenvalue weighted by atomic mass is 16.5. The number of piperidine rings is 1. The molecule has 0 unspecified atom stereocenters. The number of hydrogen-bond acceptors (Lipinski definition) is 4. The Morgan fingerprint density at radius 1 is 1.21 bits per heavy atom. The summed E-state index contributed by atoms with van der Waals surface area (Å²) in [5, 5.41) is 11.8. The predicted octanol–water partition coefficient (Wildman–Crippen LogP) is 1.89. The second-order valence-electron chi connectivity index (χ2n) is 8.09. The molecule has 0 spiro atoms. The maximum Gasteiger partial charge on any atom is 0.207 e. The van der Waals surface area contributed by atoms with E-state index in [9.17, 15) is 0 Å². The molecule has 0 atom stereocenters. The molecule has 2 saturated heterocycles. The molecule has 2 rings (SSSR count). The van der Waals surface area contributed by atoms with Crippen molar-refractivity contribution in [2.45, 2.75) is 40.0 Å². The van der Waals surface area contributed by atoms with Crippen LogP contribution in [-0.2, 0) is 4.74 Å². The van der Waals surface area contributed by atoms with Gasteiger partial charge in [0.1, 0.15) is 0 Å². The Balaban J connectivity index is 1.80. The van der Waals surface area contributed by atoms with E-state index >= 15 is 0 Å². The van der Waals surface area contributed by atoms with Gasteiger partial charge < -0.3 is 9.64 Å². The molecule has 0 bridgehead atoms. The third-order valence-electron chi connectivity index (χ3n) is 4.76. The van der Waals surface area contributed by atoms with Crippen LogP contribution in [0.25, 0.3) is 0 Å². The van der Waals surface area contributed by atoms with Crippen LogP contribution >= 0.6 is 0 Å². The highest BCUT2D eigenvalue weighted by Crippen LogP contribution is 2.30. The lowest BCUT2D eigenvalue weighted by molar-refractivity contribution is 0.0394. The van der Waals surface area contributed by atoms with Crippen LogP contribution < -0.4 is 5.32 Å². The molecule has 6 nitrogen and oxygen atoms in total. The molecule has 0 aromatic carbocycles. The van der Waals surface area contributed by atoms with E-state index in [1.165, 1.54) is 19.3 Å². The molecular weight excluding hydrogens is 302 g/mol. The first-order chi connectivity index (χ1) is 11.5. The molecule has 2 heterocycles. The van der Waals surface area contributed by atoms with Crippen molar-refractivity contribution in [3.63, 3.8) is 0 Å². The Morgan fingerprint density at radius 2 is 1.88 bits per heavy atom. The van der Waals surface area contributed by atoms with E-state index in [0.717, 1.165) is 64.4 Å². The fourth-order valence-corrected chi connectivity index (χ4v) is 3.61. The van der Waals surface area contributed by atoms with Gasteiger partial charge in [0.05, 0.1) is 19.8 Å². The normalized spacial score (nSPS) is 21.6. The summed E-state index contributed by atoms with van der Waals surface area (Å²) >= 11 is 0. The van der Waals surface area contributed by atoms with Crippen LogP contribution in [0, 0.1) is 22.8 Å². The van der Waals surface area contributed by atoms with E-state index in [-0.39, 0.29) is 0 Å². The van der Waals surface area contributed by atoms with Crippen molar-refractivity contribution in [1.82, 2.24) is 15.1 Å². The van der Waals surface area contributed by atoms with E-state index in [1.54, 1.807) is 0 Å². The lowest BCUT2D eigenvalue weighted by Crippen LogP contribution is -2.45. The van der Waals surface area contributed by atoms with Gasteiger partial charge in [0.25, 0.3) is 0 Å². The van der Waals surface area contributed by atoms with Gasteiger partial charge >= 0.3 is 0 Å². The maximum absolute atomic E-state index is 9.02. The molecule has 0 aromatic rings. The average molecular weight is 335 g/mol. The van der Waals surface area contributed by atoms with Gasteiger partial charge in [-0.3, -0.25) is 15.2 Å². The maximum atomic E-state index is 9.02. The molecule has 2 aliphatic rings. The number of rotatable bonds is 4. The SMILES string of the molecule is CC(C)(C)CC1CCN(C(=NCCN2CCOCC2)NC#N)CC1. The van der Waals surface area contributed by atoms with Crippen LogP contribution in [-0.4, -0.2) is 68.2 Å². The number of aliphatic imine (C=N–C) groups is 1. The van der Waals surface area contributed by atoms with Gasteiger partial charge in [0.2, 0.25) is 5.96 Å². The standard InChI is InChI=1S/C18H33N5O/c1-18(2,3)14-16-4-7-23(8-5-16)17(21-15-19)20-6-9-22-10-12-24-13-11-22/h16H,4-14H2,1-3H3,(H,20,21). The smallest absolute Gasteiger partial charge is 0.207 e. The van der Waals surface area contributed by atoms with E-state index in [2.05, 4.69) is 40.9 Å². The molecule has 1 N–H and O–H groups in total. The molecular formula is C18H33N5O. The summed E-state index contributed by atoms with van der Waals surface area (Å²) in [4.78, 5) is 9.26. The lowest BCUT2D eigenvalue weighted by Gasteiger charge is -2.36. The molecule has 2 aliphatic heterocycles. The summed E-state index contributed by atoms with van der Waals surface area (Å²) in [7, 11) is 0. The zero-order valence-electron chi connectivity index (χ0n) is 15.6. The Kier molecular flexibility index (Phi) is 7.32. The minimum absolute atomic E-state index is 0.396. The number of nitrogens with one attached hydrogen (secondary N) is 1. The first-order valence-corrected chi connectivity index (χ1v) is 9.22. The second-order valence-corrected chi connectivity index (χ2v) is 8.09. The van der Waals surface area contributed by atoms with E-state index < -0.39 is 0 Å². The Hall–Kier alpha value is -1.32. The summed E-state index contributed by atoms with van der Waals surface area (Å²) in [6.07, 6.45) is 5.70. The van der Waals surface area contributed by atoms with Crippen molar-refractivity contribution in [1.29, 1.82) is 5.26 Å². The lowest BCUT2D eigenvalue weighted by atomic mass is 9.80. The Morgan fingerprint density at radius 3 is 2.46 bits per heavy atom. The number of likely N-dealkylation sites (tertiary alicyclic amines) is 1. The summed E-state index contributed by atoms with van der Waals surface area (Å²) < 4.78 is 5.36. The molecule has 0 amide bonds. The van der Waals surface area contributed by atoms with Gasteiger partial charge in [-0.25, -0.2) is 0 Å². The van der Waals surface area contributed by atoms with E-state index in [4.69, 9.17) is 10.00 Å². The molecule has 0 aliphatic carbocycles. The molecule has 136 valence electrons. The highest BCUT2D eigenvalue weighted by Gasteiger charge is 2.25. The quantitative estimate of drug-likeness (QED) is 0.368. The predicted molar refractivity (Wildman–Crippen MR) is 96.7 cm³/mol. The molecule has 24 heavy (non-hydrogen) atoms. The number of guanidine groups is 1. The van der Waals surface area contributed by atoms with Crippen LogP contribution in [0.5, 0.6) is 0 Å². The summed E-state index contributed by atoms with van der Waals surface area (Å²) in [5.41, 5.74) is 0.396. The van der Waals surface area contributed by atoms with Crippen LogP contribution in [0.1, 0.15) is 40.0 Å². The van der Waals surface area contributed by atoms with Crippen molar-refractivity contribution >= 4 is 5.96 Å². The minimum atomic E-state index is 0.396. The summed E-state index contributed by atoms with van der Waals surface area (Å²) in [5.74, 6) is 1.54. The van der Waals surface area contributed by atoms with Crippen molar-refractivity contribution in [2.24, 2.45) is 16.3 Å². The van der Waals surface area contributed by atoms with Crippen LogP contribution in [0.15, 0.2) is 4.99 Å². The van der Waals surface area contributed by atoms with Gasteiger partial charge in [-0.2, -0.15) is 5.26 Å². The van der Waals surface area contributed by atoms with Crippen molar-refractivity contribution in [2.75, 3.05) is 52.5 Å². The van der Waals surface area contributed by atoms with Crippen LogP contribution in [0.4, 0.5) is 0 Å². The molecule has 0 aromatic heterocycles. The highest BCUT2D eigenvalue weighted by molar-refractivity contribution is 5.81. The number of nitriles is 1.